The van der Waals surface area contributed by atoms with Crippen LogP contribution in [0.25, 0.3) is 50.0 Å². The van der Waals surface area contributed by atoms with Gasteiger partial charge in [0.1, 0.15) is 11.5 Å². The average Bonchev–Trinajstić information content (AvgIpc) is 3.87. The fourth-order valence-electron chi connectivity index (χ4n) is 7.17. The number of halogens is 4. The van der Waals surface area contributed by atoms with E-state index in [1.54, 1.807) is 30.5 Å². The van der Waals surface area contributed by atoms with Gasteiger partial charge in [0.05, 0.1) is 29.9 Å². The van der Waals surface area contributed by atoms with Gasteiger partial charge in [-0.3, -0.25) is 19.2 Å². The summed E-state index contributed by atoms with van der Waals surface area (Å²) in [6, 6.07) is 20.1. The largest absolute Gasteiger partial charge is 0.401 e. The van der Waals surface area contributed by atoms with Crippen molar-refractivity contribution in [2.75, 3.05) is 38.5 Å². The van der Waals surface area contributed by atoms with Crippen molar-refractivity contribution >= 4 is 27.8 Å². The maximum atomic E-state index is 15.3. The minimum atomic E-state index is -4.19. The van der Waals surface area contributed by atoms with E-state index in [1.807, 2.05) is 36.4 Å². The number of nitrogen functional groups attached to an aromatic ring is 1. The number of aliphatic hydroxyl groups excluding tert-OH is 1. The highest BCUT2D eigenvalue weighted by atomic mass is 19.4. The van der Waals surface area contributed by atoms with E-state index >= 15 is 4.39 Å². The zero-order valence-corrected chi connectivity index (χ0v) is 27.6. The summed E-state index contributed by atoms with van der Waals surface area (Å²) in [7, 11) is 0. The molecule has 0 atom stereocenters. The number of hydrogen-bond acceptors (Lipinski definition) is 7. The Morgan fingerprint density at radius 2 is 1.69 bits per heavy atom. The van der Waals surface area contributed by atoms with E-state index < -0.39 is 30.7 Å². The lowest BCUT2D eigenvalue weighted by Crippen LogP contribution is -2.48. The smallest absolute Gasteiger partial charge is 0.392 e. The van der Waals surface area contributed by atoms with Crippen LogP contribution in [0.3, 0.4) is 0 Å². The number of rotatable bonds is 8. The van der Waals surface area contributed by atoms with Gasteiger partial charge in [0.15, 0.2) is 0 Å². The van der Waals surface area contributed by atoms with Crippen LogP contribution in [-0.4, -0.2) is 73.3 Å². The lowest BCUT2D eigenvalue weighted by molar-refractivity contribution is -0.149. The number of aliphatic hydroxyl groups is 1. The molecular formula is C38H35F4N7O2. The quantitative estimate of drug-likeness (QED) is 0.159. The molecule has 0 spiro atoms. The van der Waals surface area contributed by atoms with Crippen LogP contribution in [0.5, 0.6) is 0 Å². The molecule has 0 amide bonds. The van der Waals surface area contributed by atoms with Crippen LogP contribution in [0.2, 0.25) is 0 Å². The number of fused-ring (bicyclic) bond motifs is 2. The Balaban J connectivity index is 1.09. The van der Waals surface area contributed by atoms with Crippen LogP contribution in [0.15, 0.2) is 77.7 Å². The Kier molecular flexibility index (Phi) is 8.36. The molecule has 3 aromatic heterocycles. The average molecular weight is 698 g/mol. The Bertz CT molecular complexity index is 2320. The topological polar surface area (TPSA) is 116 Å². The standard InChI is InChI=1S/C38H35F4N7O2/c39-30-17-26(23-8-9-23)16-25-10-11-49(36(51)33(25)30)32-3-1-2-27(29(32)20-50)34-28-18-31(44-35(28)46-37(43)45-34)24-6-4-22(5-7-24)19-47-12-14-48(15-13-47)21-38(40,41)42/h1-7,10-11,16-18,23,50H,8-9,12-15,19-21H2,(H3,43,44,45,46). The van der Waals surface area contributed by atoms with Crippen molar-refractivity contribution in [2.45, 2.75) is 38.1 Å². The third-order valence-corrected chi connectivity index (χ3v) is 9.90. The summed E-state index contributed by atoms with van der Waals surface area (Å²) in [6.07, 6.45) is -0.549. The number of anilines is 1. The molecular weight excluding hydrogens is 662 g/mol. The first kappa shape index (κ1) is 33.1. The monoisotopic (exact) mass is 697 g/mol. The van der Waals surface area contributed by atoms with Crippen LogP contribution in [0.1, 0.15) is 35.4 Å². The fourth-order valence-corrected chi connectivity index (χ4v) is 7.17. The van der Waals surface area contributed by atoms with Crippen molar-refractivity contribution in [1.82, 2.24) is 29.3 Å². The number of alkyl halides is 3. The molecule has 1 saturated carbocycles. The summed E-state index contributed by atoms with van der Waals surface area (Å²) >= 11 is 0. The normalized spacial score (nSPS) is 16.0. The van der Waals surface area contributed by atoms with E-state index in [0.717, 1.165) is 35.2 Å². The Morgan fingerprint density at radius 1 is 0.941 bits per heavy atom. The molecule has 9 nitrogen and oxygen atoms in total. The molecule has 3 aromatic carbocycles. The molecule has 0 unspecified atom stereocenters. The van der Waals surface area contributed by atoms with Gasteiger partial charge in [-0.1, -0.05) is 42.5 Å². The molecule has 1 aliphatic carbocycles. The van der Waals surface area contributed by atoms with Crippen LogP contribution in [0.4, 0.5) is 23.5 Å². The molecule has 6 aromatic rings. The van der Waals surface area contributed by atoms with E-state index in [0.29, 0.717) is 77.6 Å². The number of H-pyrrole nitrogens is 1. The summed E-state index contributed by atoms with van der Waals surface area (Å²) in [6.45, 7) is 1.20. The number of pyridine rings is 1. The Labute approximate surface area is 290 Å². The lowest BCUT2D eigenvalue weighted by Gasteiger charge is -2.35. The molecule has 1 saturated heterocycles. The molecule has 13 heteroatoms. The second-order valence-corrected chi connectivity index (χ2v) is 13.4. The van der Waals surface area contributed by atoms with Gasteiger partial charge in [0.2, 0.25) is 5.95 Å². The van der Waals surface area contributed by atoms with Gasteiger partial charge in [-0.2, -0.15) is 18.2 Å². The summed E-state index contributed by atoms with van der Waals surface area (Å²) in [4.78, 5) is 29.6. The summed E-state index contributed by atoms with van der Waals surface area (Å²) in [5.74, 6) is -0.204. The lowest BCUT2D eigenvalue weighted by atomic mass is 9.99. The van der Waals surface area contributed by atoms with E-state index in [4.69, 9.17) is 5.73 Å². The highest BCUT2D eigenvalue weighted by Crippen LogP contribution is 2.41. The summed E-state index contributed by atoms with van der Waals surface area (Å²) < 4.78 is 55.0. The Hall–Kier alpha value is -5.11. The maximum absolute atomic E-state index is 15.3. The first-order valence-corrected chi connectivity index (χ1v) is 16.9. The predicted octanol–water partition coefficient (Wildman–Crippen LogP) is 6.37. The highest BCUT2D eigenvalue weighted by molar-refractivity contribution is 5.96. The van der Waals surface area contributed by atoms with Crippen molar-refractivity contribution in [1.29, 1.82) is 0 Å². The van der Waals surface area contributed by atoms with Crippen molar-refractivity contribution in [3.8, 4) is 28.2 Å². The van der Waals surface area contributed by atoms with Crippen LogP contribution >= 0.6 is 0 Å². The number of piperazine rings is 1. The Morgan fingerprint density at radius 3 is 2.39 bits per heavy atom. The van der Waals surface area contributed by atoms with Gasteiger partial charge in [0, 0.05) is 61.1 Å². The molecule has 2 fully saturated rings. The number of aromatic amines is 1. The first-order valence-electron chi connectivity index (χ1n) is 16.9. The van der Waals surface area contributed by atoms with Gasteiger partial charge in [0.25, 0.3) is 5.56 Å². The molecule has 0 bridgehead atoms. The fraction of sp³-hybridized carbons (Fsp3) is 0.289. The first-order chi connectivity index (χ1) is 24.5. The minimum Gasteiger partial charge on any atom is -0.392 e. The molecule has 262 valence electrons. The van der Waals surface area contributed by atoms with Crippen molar-refractivity contribution in [2.24, 2.45) is 0 Å². The van der Waals surface area contributed by atoms with E-state index in [2.05, 4.69) is 19.9 Å². The van der Waals surface area contributed by atoms with Gasteiger partial charge >= 0.3 is 6.18 Å². The third kappa shape index (κ3) is 6.60. The molecule has 2 aliphatic rings. The van der Waals surface area contributed by atoms with Crippen molar-refractivity contribution in [3.63, 3.8) is 0 Å². The van der Waals surface area contributed by atoms with Crippen molar-refractivity contribution in [3.05, 3.63) is 106 Å². The van der Waals surface area contributed by atoms with E-state index in [-0.39, 0.29) is 11.3 Å². The highest BCUT2D eigenvalue weighted by Gasteiger charge is 2.32. The predicted molar refractivity (Wildman–Crippen MR) is 188 cm³/mol. The van der Waals surface area contributed by atoms with Crippen LogP contribution < -0.4 is 11.3 Å². The maximum Gasteiger partial charge on any atom is 0.401 e. The van der Waals surface area contributed by atoms with Crippen LogP contribution in [0, 0.1) is 5.82 Å². The van der Waals surface area contributed by atoms with Crippen LogP contribution in [-0.2, 0) is 13.2 Å². The number of benzene rings is 3. The molecule has 4 heterocycles. The molecule has 0 radical (unpaired) electrons. The summed E-state index contributed by atoms with van der Waals surface area (Å²) in [5.41, 5.74) is 11.5. The zero-order chi connectivity index (χ0) is 35.4. The van der Waals surface area contributed by atoms with Gasteiger partial charge in [-0.05, 0) is 65.1 Å². The van der Waals surface area contributed by atoms with Crippen molar-refractivity contribution < 1.29 is 22.7 Å². The number of aromatic nitrogens is 4. The second kappa shape index (κ2) is 12.9. The van der Waals surface area contributed by atoms with Gasteiger partial charge in [-0.15, -0.1) is 0 Å². The second-order valence-electron chi connectivity index (χ2n) is 13.4. The molecule has 4 N–H and O–H groups in total. The SMILES string of the molecule is Nc1nc(-c2cccc(-n3ccc4cc(C5CC5)cc(F)c4c3=O)c2CO)c2cc(-c3ccc(CN4CCN(CC(F)(F)F)CC4)cc3)[nH]c2n1. The van der Waals surface area contributed by atoms with Gasteiger partial charge in [-0.25, -0.2) is 9.37 Å². The zero-order valence-electron chi connectivity index (χ0n) is 27.6. The number of nitrogens with zero attached hydrogens (tertiary/aromatic N) is 5. The molecule has 1 aliphatic heterocycles. The number of nitrogens with two attached hydrogens (primary N) is 1. The minimum absolute atomic E-state index is 0.00494. The van der Waals surface area contributed by atoms with E-state index in [9.17, 15) is 23.1 Å². The molecule has 51 heavy (non-hydrogen) atoms. The molecule has 8 rings (SSSR count). The van der Waals surface area contributed by atoms with E-state index in [1.165, 1.54) is 15.5 Å². The number of nitrogens with one attached hydrogen (secondary N) is 1. The van der Waals surface area contributed by atoms with Gasteiger partial charge < -0.3 is 15.8 Å². The number of hydrogen-bond donors (Lipinski definition) is 3. The summed E-state index contributed by atoms with van der Waals surface area (Å²) in [5, 5.41) is 11.9. The third-order valence-electron chi connectivity index (χ3n) is 9.90.